The number of urea groups is 1. The maximum atomic E-state index is 12.5. The molecule has 0 spiro atoms. The highest BCUT2D eigenvalue weighted by Gasteiger charge is 2.28. The van der Waals surface area contributed by atoms with Crippen LogP contribution < -0.4 is 10.1 Å². The minimum Gasteiger partial charge on any atom is -0.457 e. The number of nitrogens with one attached hydrogen (secondary N) is 1. The van der Waals surface area contributed by atoms with E-state index in [0.717, 1.165) is 43.1 Å². The van der Waals surface area contributed by atoms with Crippen molar-refractivity contribution in [3.63, 3.8) is 0 Å². The van der Waals surface area contributed by atoms with Gasteiger partial charge in [0, 0.05) is 24.8 Å². The predicted molar refractivity (Wildman–Crippen MR) is 107 cm³/mol. The van der Waals surface area contributed by atoms with Gasteiger partial charge in [-0.2, -0.15) is 0 Å². The molecule has 2 amide bonds. The molecule has 0 saturated carbocycles. The third-order valence-corrected chi connectivity index (χ3v) is 5.49. The number of hydrogen-bond donors (Lipinski definition) is 1. The number of anilines is 1. The van der Waals surface area contributed by atoms with E-state index >= 15 is 0 Å². The lowest BCUT2D eigenvalue weighted by Crippen LogP contribution is -2.47. The van der Waals surface area contributed by atoms with Gasteiger partial charge in [-0.3, -0.25) is 0 Å². The number of benzene rings is 2. The first-order chi connectivity index (χ1) is 13.3. The van der Waals surface area contributed by atoms with Crippen molar-refractivity contribution in [2.24, 2.45) is 0 Å². The standard InChI is InChI=1S/C22H27N3O2/c26-22(25-16-12-19(13-17-25)24-14-4-5-15-24)23-18-8-10-21(11-9-18)27-20-6-2-1-3-7-20/h1-3,6-11,19H,4-5,12-17H2,(H,23,26). The van der Waals surface area contributed by atoms with Gasteiger partial charge in [0.15, 0.2) is 0 Å². The van der Waals surface area contributed by atoms with Crippen molar-refractivity contribution in [1.29, 1.82) is 0 Å². The second-order valence-corrected chi connectivity index (χ2v) is 7.33. The SMILES string of the molecule is O=C(Nc1ccc(Oc2ccccc2)cc1)N1CCC(N2CCCC2)CC1. The zero-order valence-electron chi connectivity index (χ0n) is 15.6. The topological polar surface area (TPSA) is 44.8 Å². The van der Waals surface area contributed by atoms with Crippen LogP contribution in [0.5, 0.6) is 11.5 Å². The van der Waals surface area contributed by atoms with Crippen LogP contribution in [-0.4, -0.2) is 48.1 Å². The van der Waals surface area contributed by atoms with Crippen LogP contribution >= 0.6 is 0 Å². The van der Waals surface area contributed by atoms with E-state index in [0.29, 0.717) is 6.04 Å². The van der Waals surface area contributed by atoms with Gasteiger partial charge in [0.05, 0.1) is 0 Å². The summed E-state index contributed by atoms with van der Waals surface area (Å²) in [6.45, 7) is 4.13. The first-order valence-electron chi connectivity index (χ1n) is 9.91. The molecule has 0 atom stereocenters. The number of nitrogens with zero attached hydrogens (tertiary/aromatic N) is 2. The van der Waals surface area contributed by atoms with Gasteiger partial charge in [-0.05, 0) is 75.2 Å². The average molecular weight is 365 g/mol. The molecule has 1 N–H and O–H groups in total. The van der Waals surface area contributed by atoms with Gasteiger partial charge in [0.1, 0.15) is 11.5 Å². The van der Waals surface area contributed by atoms with Crippen molar-refractivity contribution in [2.45, 2.75) is 31.7 Å². The highest BCUT2D eigenvalue weighted by Crippen LogP contribution is 2.24. The third-order valence-electron chi connectivity index (χ3n) is 5.49. The van der Waals surface area contributed by atoms with Gasteiger partial charge in [0.2, 0.25) is 0 Å². The molecular formula is C22H27N3O2. The van der Waals surface area contributed by atoms with Crippen LogP contribution in [0.1, 0.15) is 25.7 Å². The number of hydrogen-bond acceptors (Lipinski definition) is 3. The fourth-order valence-electron chi connectivity index (χ4n) is 3.97. The Balaban J connectivity index is 1.27. The Kier molecular flexibility index (Phi) is 5.58. The fraction of sp³-hybridized carbons (Fsp3) is 0.409. The summed E-state index contributed by atoms with van der Waals surface area (Å²) >= 11 is 0. The molecule has 0 aromatic heterocycles. The smallest absolute Gasteiger partial charge is 0.321 e. The van der Waals surface area contributed by atoms with Crippen LogP contribution in [-0.2, 0) is 0 Å². The van der Waals surface area contributed by atoms with Crippen molar-refractivity contribution in [2.75, 3.05) is 31.5 Å². The van der Waals surface area contributed by atoms with Crippen molar-refractivity contribution >= 4 is 11.7 Å². The van der Waals surface area contributed by atoms with Crippen LogP contribution in [0.25, 0.3) is 0 Å². The minimum absolute atomic E-state index is 0.00778. The molecule has 2 heterocycles. The van der Waals surface area contributed by atoms with Crippen LogP contribution in [0.3, 0.4) is 0 Å². The minimum atomic E-state index is -0.00778. The molecule has 2 saturated heterocycles. The molecule has 0 unspecified atom stereocenters. The van der Waals surface area contributed by atoms with Gasteiger partial charge in [0.25, 0.3) is 0 Å². The zero-order valence-corrected chi connectivity index (χ0v) is 15.6. The quantitative estimate of drug-likeness (QED) is 0.863. The molecule has 5 heteroatoms. The Hall–Kier alpha value is -2.53. The molecule has 2 aromatic rings. The Morgan fingerprint density at radius 3 is 2.15 bits per heavy atom. The van der Waals surface area contributed by atoms with E-state index in [4.69, 9.17) is 4.74 Å². The van der Waals surface area contributed by atoms with Crippen LogP contribution in [0.15, 0.2) is 54.6 Å². The molecule has 27 heavy (non-hydrogen) atoms. The number of piperidine rings is 1. The summed E-state index contributed by atoms with van der Waals surface area (Å²) in [7, 11) is 0. The van der Waals surface area contributed by atoms with Gasteiger partial charge < -0.3 is 19.9 Å². The van der Waals surface area contributed by atoms with Gasteiger partial charge in [-0.1, -0.05) is 18.2 Å². The highest BCUT2D eigenvalue weighted by atomic mass is 16.5. The Bertz CT molecular complexity index is 734. The molecule has 0 radical (unpaired) electrons. The summed E-state index contributed by atoms with van der Waals surface area (Å²) in [5.41, 5.74) is 0.794. The zero-order chi connectivity index (χ0) is 18.5. The number of likely N-dealkylation sites (tertiary alicyclic amines) is 2. The molecule has 2 aromatic carbocycles. The molecular weight excluding hydrogens is 338 g/mol. The van der Waals surface area contributed by atoms with E-state index in [-0.39, 0.29) is 6.03 Å². The lowest BCUT2D eigenvalue weighted by molar-refractivity contribution is 0.140. The summed E-state index contributed by atoms with van der Waals surface area (Å²) < 4.78 is 5.79. The predicted octanol–water partition coefficient (Wildman–Crippen LogP) is 4.57. The van der Waals surface area contributed by atoms with E-state index in [9.17, 15) is 4.79 Å². The van der Waals surface area contributed by atoms with E-state index < -0.39 is 0 Å². The number of carbonyl (C=O) groups is 1. The summed E-state index contributed by atoms with van der Waals surface area (Å²) in [6.07, 6.45) is 4.81. The van der Waals surface area contributed by atoms with Crippen molar-refractivity contribution in [3.05, 3.63) is 54.6 Å². The lowest BCUT2D eigenvalue weighted by Gasteiger charge is -2.36. The molecule has 0 bridgehead atoms. The van der Waals surface area contributed by atoms with Gasteiger partial charge in [-0.15, -0.1) is 0 Å². The van der Waals surface area contributed by atoms with E-state index in [1.54, 1.807) is 0 Å². The third kappa shape index (κ3) is 4.61. The molecule has 2 aliphatic rings. The highest BCUT2D eigenvalue weighted by molar-refractivity contribution is 5.89. The van der Waals surface area contributed by atoms with Crippen molar-refractivity contribution in [1.82, 2.24) is 9.80 Å². The number of para-hydroxylation sites is 1. The van der Waals surface area contributed by atoms with Gasteiger partial charge >= 0.3 is 6.03 Å². The molecule has 142 valence electrons. The summed E-state index contributed by atoms with van der Waals surface area (Å²) in [5, 5.41) is 3.00. The Morgan fingerprint density at radius 2 is 1.48 bits per heavy atom. The Labute approximate surface area is 160 Å². The summed E-state index contributed by atoms with van der Waals surface area (Å²) in [5.74, 6) is 1.56. The summed E-state index contributed by atoms with van der Waals surface area (Å²) in [6, 6.07) is 17.8. The molecule has 2 aliphatic heterocycles. The fourth-order valence-corrected chi connectivity index (χ4v) is 3.97. The van der Waals surface area contributed by atoms with Crippen LogP contribution in [0, 0.1) is 0 Å². The second kappa shape index (κ2) is 8.44. The van der Waals surface area contributed by atoms with E-state index in [2.05, 4.69) is 10.2 Å². The number of ether oxygens (including phenoxy) is 1. The average Bonchev–Trinajstić information content (AvgIpc) is 3.25. The first-order valence-corrected chi connectivity index (χ1v) is 9.91. The summed E-state index contributed by atoms with van der Waals surface area (Å²) in [4.78, 5) is 17.1. The monoisotopic (exact) mass is 365 g/mol. The normalized spacial score (nSPS) is 18.4. The van der Waals surface area contributed by atoms with Crippen LogP contribution in [0.4, 0.5) is 10.5 Å². The number of rotatable bonds is 4. The maximum Gasteiger partial charge on any atom is 0.321 e. The van der Waals surface area contributed by atoms with E-state index in [1.807, 2.05) is 59.5 Å². The van der Waals surface area contributed by atoms with Crippen molar-refractivity contribution in [3.8, 4) is 11.5 Å². The maximum absolute atomic E-state index is 12.5. The number of amides is 2. The first kappa shape index (κ1) is 17.9. The molecule has 4 rings (SSSR count). The lowest BCUT2D eigenvalue weighted by atomic mass is 10.0. The van der Waals surface area contributed by atoms with E-state index in [1.165, 1.54) is 25.9 Å². The second-order valence-electron chi connectivity index (χ2n) is 7.33. The van der Waals surface area contributed by atoms with Crippen LogP contribution in [0.2, 0.25) is 0 Å². The van der Waals surface area contributed by atoms with Crippen molar-refractivity contribution < 1.29 is 9.53 Å². The largest absolute Gasteiger partial charge is 0.457 e. The van der Waals surface area contributed by atoms with Gasteiger partial charge in [-0.25, -0.2) is 4.79 Å². The molecule has 0 aliphatic carbocycles. The molecule has 2 fully saturated rings. The number of carbonyl (C=O) groups excluding carboxylic acids is 1. The molecule has 5 nitrogen and oxygen atoms in total. The Morgan fingerprint density at radius 1 is 0.852 bits per heavy atom.